The molecule has 0 aromatic carbocycles. The van der Waals surface area contributed by atoms with Crippen LogP contribution in [0.1, 0.15) is 41.6 Å². The van der Waals surface area contributed by atoms with Crippen molar-refractivity contribution in [1.82, 2.24) is 4.90 Å². The molecule has 0 saturated carbocycles. The van der Waals surface area contributed by atoms with Crippen LogP contribution in [0.4, 0.5) is 0 Å². The van der Waals surface area contributed by atoms with Gasteiger partial charge in [-0.05, 0) is 55.8 Å². The van der Waals surface area contributed by atoms with Crippen molar-refractivity contribution in [3.8, 4) is 0 Å². The first kappa shape index (κ1) is 13.9. The molecular formula is C16H21NO2S. The summed E-state index contributed by atoms with van der Waals surface area (Å²) in [5.41, 5.74) is 1.22. The topological polar surface area (TPSA) is 36.6 Å². The van der Waals surface area contributed by atoms with Crippen molar-refractivity contribution >= 4 is 11.3 Å². The van der Waals surface area contributed by atoms with Gasteiger partial charge in [-0.1, -0.05) is 6.07 Å². The van der Waals surface area contributed by atoms with E-state index in [-0.39, 0.29) is 6.10 Å². The highest BCUT2D eigenvalue weighted by Gasteiger charge is 2.28. The van der Waals surface area contributed by atoms with Crippen LogP contribution in [-0.2, 0) is 6.54 Å². The molecule has 0 bridgehead atoms. The lowest BCUT2D eigenvalue weighted by atomic mass is 10.1. The number of rotatable bonds is 5. The second kappa shape index (κ2) is 6.12. The Labute approximate surface area is 123 Å². The molecule has 0 radical (unpaired) electrons. The molecule has 20 heavy (non-hydrogen) atoms. The zero-order chi connectivity index (χ0) is 13.9. The number of hydrogen-bond acceptors (Lipinski definition) is 4. The molecule has 1 aliphatic rings. The highest BCUT2D eigenvalue weighted by atomic mass is 32.1. The van der Waals surface area contributed by atoms with Gasteiger partial charge in [0.25, 0.3) is 0 Å². The SMILES string of the molecule is Cc1ccoc1CN1CCCC1CC(O)c1cccs1. The van der Waals surface area contributed by atoms with Gasteiger partial charge in [-0.2, -0.15) is 0 Å². The third-order valence-electron chi connectivity index (χ3n) is 4.18. The fourth-order valence-electron chi connectivity index (χ4n) is 2.98. The zero-order valence-electron chi connectivity index (χ0n) is 11.8. The predicted octanol–water partition coefficient (Wildman–Crippen LogP) is 3.74. The van der Waals surface area contributed by atoms with Crippen LogP contribution < -0.4 is 0 Å². The minimum Gasteiger partial charge on any atom is -0.468 e. The Kier molecular flexibility index (Phi) is 4.24. The van der Waals surface area contributed by atoms with Gasteiger partial charge in [0.1, 0.15) is 5.76 Å². The summed E-state index contributed by atoms with van der Waals surface area (Å²) in [6, 6.07) is 6.49. The number of furan rings is 1. The van der Waals surface area contributed by atoms with Gasteiger partial charge < -0.3 is 9.52 Å². The number of thiophene rings is 1. The molecule has 3 heterocycles. The molecule has 1 aliphatic heterocycles. The second-order valence-electron chi connectivity index (χ2n) is 5.56. The van der Waals surface area contributed by atoms with Crippen LogP contribution in [0.3, 0.4) is 0 Å². The van der Waals surface area contributed by atoms with E-state index in [0.717, 1.165) is 30.1 Å². The van der Waals surface area contributed by atoms with E-state index in [2.05, 4.69) is 11.8 Å². The molecule has 1 fully saturated rings. The predicted molar refractivity (Wildman–Crippen MR) is 80.8 cm³/mol. The molecule has 4 heteroatoms. The summed E-state index contributed by atoms with van der Waals surface area (Å²) in [6.45, 7) is 4.05. The summed E-state index contributed by atoms with van der Waals surface area (Å²) in [6.07, 6.45) is 4.62. The van der Waals surface area contributed by atoms with Crippen molar-refractivity contribution in [3.05, 3.63) is 46.0 Å². The molecule has 3 nitrogen and oxygen atoms in total. The van der Waals surface area contributed by atoms with E-state index in [1.54, 1.807) is 17.6 Å². The smallest absolute Gasteiger partial charge is 0.120 e. The van der Waals surface area contributed by atoms with Gasteiger partial charge in [-0.3, -0.25) is 4.90 Å². The Hall–Kier alpha value is -1.10. The third kappa shape index (κ3) is 2.97. The Balaban J connectivity index is 1.62. The maximum absolute atomic E-state index is 10.3. The standard InChI is InChI=1S/C16H21NO2S/c1-12-6-8-19-15(12)11-17-7-2-4-13(17)10-14(18)16-5-3-9-20-16/h3,5-6,8-9,13-14,18H,2,4,7,10-11H2,1H3. The number of nitrogens with zero attached hydrogens (tertiary/aromatic N) is 1. The summed E-state index contributed by atoms with van der Waals surface area (Å²) >= 11 is 1.64. The average molecular weight is 291 g/mol. The van der Waals surface area contributed by atoms with Crippen molar-refractivity contribution in [2.75, 3.05) is 6.54 Å². The van der Waals surface area contributed by atoms with E-state index < -0.39 is 0 Å². The first-order valence-corrected chi connectivity index (χ1v) is 8.10. The normalized spacial score (nSPS) is 21.4. The van der Waals surface area contributed by atoms with Gasteiger partial charge in [0.05, 0.1) is 18.9 Å². The Morgan fingerprint density at radius 2 is 2.40 bits per heavy atom. The summed E-state index contributed by atoms with van der Waals surface area (Å²) < 4.78 is 5.55. The van der Waals surface area contributed by atoms with Gasteiger partial charge in [0.15, 0.2) is 0 Å². The molecule has 108 valence electrons. The summed E-state index contributed by atoms with van der Waals surface area (Å²) in [5.74, 6) is 1.06. The van der Waals surface area contributed by atoms with Gasteiger partial charge in [0.2, 0.25) is 0 Å². The lowest BCUT2D eigenvalue weighted by Crippen LogP contribution is -2.30. The van der Waals surface area contributed by atoms with Crippen LogP contribution in [0.15, 0.2) is 34.3 Å². The molecule has 2 unspecified atom stereocenters. The van der Waals surface area contributed by atoms with E-state index in [9.17, 15) is 5.11 Å². The minimum atomic E-state index is -0.335. The molecule has 2 aromatic rings. The van der Waals surface area contributed by atoms with Gasteiger partial charge in [-0.15, -0.1) is 11.3 Å². The van der Waals surface area contributed by atoms with Crippen LogP contribution >= 0.6 is 11.3 Å². The van der Waals surface area contributed by atoms with E-state index >= 15 is 0 Å². The van der Waals surface area contributed by atoms with Crippen molar-refractivity contribution in [1.29, 1.82) is 0 Å². The van der Waals surface area contributed by atoms with Gasteiger partial charge >= 0.3 is 0 Å². The van der Waals surface area contributed by atoms with Crippen LogP contribution in [0.25, 0.3) is 0 Å². The summed E-state index contributed by atoms with van der Waals surface area (Å²) in [7, 11) is 0. The molecule has 2 atom stereocenters. The van der Waals surface area contributed by atoms with Crippen molar-refractivity contribution in [2.45, 2.75) is 44.9 Å². The number of aliphatic hydroxyl groups is 1. The van der Waals surface area contributed by atoms with E-state index in [1.165, 1.54) is 18.4 Å². The Bertz CT molecular complexity index is 534. The minimum absolute atomic E-state index is 0.335. The summed E-state index contributed by atoms with van der Waals surface area (Å²) in [5, 5.41) is 12.4. The Morgan fingerprint density at radius 3 is 3.10 bits per heavy atom. The molecular weight excluding hydrogens is 270 g/mol. The highest BCUT2D eigenvalue weighted by molar-refractivity contribution is 7.10. The van der Waals surface area contributed by atoms with E-state index in [0.29, 0.717) is 6.04 Å². The largest absolute Gasteiger partial charge is 0.468 e. The molecule has 1 N–H and O–H groups in total. The van der Waals surface area contributed by atoms with E-state index in [4.69, 9.17) is 4.42 Å². The first-order valence-electron chi connectivity index (χ1n) is 7.22. The van der Waals surface area contributed by atoms with Gasteiger partial charge in [0, 0.05) is 10.9 Å². The lowest BCUT2D eigenvalue weighted by Gasteiger charge is -2.25. The van der Waals surface area contributed by atoms with E-state index in [1.807, 2.05) is 23.6 Å². The molecule has 2 aromatic heterocycles. The van der Waals surface area contributed by atoms with Crippen molar-refractivity contribution in [2.24, 2.45) is 0 Å². The van der Waals surface area contributed by atoms with Crippen LogP contribution in [-0.4, -0.2) is 22.6 Å². The van der Waals surface area contributed by atoms with Gasteiger partial charge in [-0.25, -0.2) is 0 Å². The fourth-order valence-corrected chi connectivity index (χ4v) is 3.70. The number of aryl methyl sites for hydroxylation is 1. The van der Waals surface area contributed by atoms with Crippen molar-refractivity contribution in [3.63, 3.8) is 0 Å². The monoisotopic (exact) mass is 291 g/mol. The van der Waals surface area contributed by atoms with Crippen molar-refractivity contribution < 1.29 is 9.52 Å². The summed E-state index contributed by atoms with van der Waals surface area (Å²) in [4.78, 5) is 3.52. The zero-order valence-corrected chi connectivity index (χ0v) is 12.6. The maximum Gasteiger partial charge on any atom is 0.120 e. The molecule has 3 rings (SSSR count). The number of aliphatic hydroxyl groups excluding tert-OH is 1. The fraction of sp³-hybridized carbons (Fsp3) is 0.500. The quantitative estimate of drug-likeness (QED) is 0.911. The molecule has 1 saturated heterocycles. The van der Waals surface area contributed by atoms with Crippen LogP contribution in [0.5, 0.6) is 0 Å². The molecule has 0 aliphatic carbocycles. The second-order valence-corrected chi connectivity index (χ2v) is 6.54. The highest BCUT2D eigenvalue weighted by Crippen LogP contribution is 2.30. The third-order valence-corrected chi connectivity index (χ3v) is 5.15. The Morgan fingerprint density at radius 1 is 1.50 bits per heavy atom. The average Bonchev–Trinajstić information content (AvgIpc) is 3.14. The van der Waals surface area contributed by atoms with Crippen LogP contribution in [0.2, 0.25) is 0 Å². The molecule has 0 spiro atoms. The molecule has 0 amide bonds. The van der Waals surface area contributed by atoms with Crippen LogP contribution in [0, 0.1) is 6.92 Å². The first-order chi connectivity index (χ1) is 9.74. The number of likely N-dealkylation sites (tertiary alicyclic amines) is 1. The lowest BCUT2D eigenvalue weighted by molar-refractivity contribution is 0.117. The number of hydrogen-bond donors (Lipinski definition) is 1. The maximum atomic E-state index is 10.3.